The lowest BCUT2D eigenvalue weighted by atomic mass is 10.2. The molecule has 0 aromatic heterocycles. The topological polar surface area (TPSA) is 58.2 Å². The number of carbonyl (C=O) groups is 2. The summed E-state index contributed by atoms with van der Waals surface area (Å²) in [5.41, 5.74) is 1.24. The highest BCUT2D eigenvalue weighted by Crippen LogP contribution is 2.20. The summed E-state index contributed by atoms with van der Waals surface area (Å²) in [6, 6.07) is 11.9. The Hall–Kier alpha value is -1.56. The van der Waals surface area contributed by atoms with E-state index in [1.807, 2.05) is 0 Å². The first-order chi connectivity index (χ1) is 11.0. The molecular formula is C16H13BrCl2N2O2. The van der Waals surface area contributed by atoms with Crippen LogP contribution in [0, 0.1) is 0 Å². The lowest BCUT2D eigenvalue weighted by Crippen LogP contribution is -2.36. The third-order valence-corrected chi connectivity index (χ3v) is 4.12. The van der Waals surface area contributed by atoms with Crippen molar-refractivity contribution < 1.29 is 9.59 Å². The largest absolute Gasteiger partial charge is 0.350 e. The first kappa shape index (κ1) is 17.8. The van der Waals surface area contributed by atoms with Gasteiger partial charge in [0.15, 0.2) is 0 Å². The number of benzene rings is 2. The van der Waals surface area contributed by atoms with Crippen LogP contribution in [-0.4, -0.2) is 18.4 Å². The van der Waals surface area contributed by atoms with Gasteiger partial charge in [0.05, 0.1) is 6.54 Å². The van der Waals surface area contributed by atoms with Crippen molar-refractivity contribution >= 4 is 50.9 Å². The van der Waals surface area contributed by atoms with Crippen molar-refractivity contribution in [1.82, 2.24) is 10.6 Å². The fraction of sp³-hybridized carbons (Fsp3) is 0.125. The molecule has 0 aliphatic carbocycles. The second-order valence-electron chi connectivity index (χ2n) is 4.70. The molecule has 0 fully saturated rings. The molecular weight excluding hydrogens is 403 g/mol. The summed E-state index contributed by atoms with van der Waals surface area (Å²) < 4.78 is 0.881. The average molecular weight is 416 g/mol. The molecule has 0 spiro atoms. The average Bonchev–Trinajstić information content (AvgIpc) is 2.52. The number of hydrogen-bond acceptors (Lipinski definition) is 2. The van der Waals surface area contributed by atoms with Crippen LogP contribution in [0.2, 0.25) is 10.0 Å². The van der Waals surface area contributed by atoms with Crippen molar-refractivity contribution in [3.05, 3.63) is 68.1 Å². The van der Waals surface area contributed by atoms with E-state index < -0.39 is 0 Å². The Morgan fingerprint density at radius 3 is 2.35 bits per heavy atom. The molecule has 2 aromatic carbocycles. The first-order valence-corrected chi connectivity index (χ1v) is 8.25. The number of rotatable bonds is 5. The van der Waals surface area contributed by atoms with Crippen molar-refractivity contribution in [2.75, 3.05) is 6.54 Å². The van der Waals surface area contributed by atoms with Crippen molar-refractivity contribution in [1.29, 1.82) is 0 Å². The fourth-order valence-corrected chi connectivity index (χ4v) is 2.52. The van der Waals surface area contributed by atoms with Crippen LogP contribution in [0.15, 0.2) is 46.9 Å². The van der Waals surface area contributed by atoms with E-state index in [1.165, 1.54) is 0 Å². The molecule has 2 aromatic rings. The maximum Gasteiger partial charge on any atom is 0.251 e. The van der Waals surface area contributed by atoms with Gasteiger partial charge in [0.25, 0.3) is 5.91 Å². The minimum atomic E-state index is -0.308. The van der Waals surface area contributed by atoms with E-state index in [1.54, 1.807) is 42.5 Å². The normalized spacial score (nSPS) is 10.2. The molecule has 2 rings (SSSR count). The third kappa shape index (κ3) is 5.53. The number of carbonyl (C=O) groups excluding carboxylic acids is 2. The van der Waals surface area contributed by atoms with E-state index in [-0.39, 0.29) is 24.9 Å². The lowest BCUT2D eigenvalue weighted by Gasteiger charge is -2.08. The molecule has 2 N–H and O–H groups in total. The van der Waals surface area contributed by atoms with Gasteiger partial charge in [-0.3, -0.25) is 9.59 Å². The Kier molecular flexibility index (Phi) is 6.45. The zero-order valence-electron chi connectivity index (χ0n) is 11.9. The van der Waals surface area contributed by atoms with E-state index in [0.717, 1.165) is 10.0 Å². The zero-order chi connectivity index (χ0) is 16.8. The van der Waals surface area contributed by atoms with Gasteiger partial charge >= 0.3 is 0 Å². The number of nitrogens with one attached hydrogen (secondary N) is 2. The van der Waals surface area contributed by atoms with Gasteiger partial charge in [0, 0.05) is 26.6 Å². The summed E-state index contributed by atoms with van der Waals surface area (Å²) in [6.07, 6.45) is 0. The predicted molar refractivity (Wildman–Crippen MR) is 94.8 cm³/mol. The van der Waals surface area contributed by atoms with Crippen LogP contribution in [0.4, 0.5) is 0 Å². The van der Waals surface area contributed by atoms with Gasteiger partial charge in [-0.15, -0.1) is 0 Å². The molecule has 0 heterocycles. The van der Waals surface area contributed by atoms with Crippen molar-refractivity contribution in [3.63, 3.8) is 0 Å². The quantitative estimate of drug-likeness (QED) is 0.780. The molecule has 0 atom stereocenters. The molecule has 23 heavy (non-hydrogen) atoms. The van der Waals surface area contributed by atoms with E-state index in [0.29, 0.717) is 15.6 Å². The molecule has 0 aliphatic heterocycles. The molecule has 4 nitrogen and oxygen atoms in total. The van der Waals surface area contributed by atoms with Gasteiger partial charge in [-0.25, -0.2) is 0 Å². The third-order valence-electron chi connectivity index (χ3n) is 3.01. The highest BCUT2D eigenvalue weighted by Gasteiger charge is 2.08. The number of amides is 2. The van der Waals surface area contributed by atoms with Gasteiger partial charge in [-0.1, -0.05) is 45.2 Å². The molecule has 0 saturated carbocycles. The summed E-state index contributed by atoms with van der Waals surface area (Å²) in [5, 5.41) is 6.26. The summed E-state index contributed by atoms with van der Waals surface area (Å²) >= 11 is 15.1. The van der Waals surface area contributed by atoms with Gasteiger partial charge in [0.1, 0.15) is 0 Å². The number of hydrogen-bond donors (Lipinski definition) is 2. The van der Waals surface area contributed by atoms with Crippen LogP contribution in [0.1, 0.15) is 15.9 Å². The van der Waals surface area contributed by atoms with E-state index in [2.05, 4.69) is 26.6 Å². The van der Waals surface area contributed by atoms with Gasteiger partial charge in [0.2, 0.25) is 5.91 Å². The molecule has 0 radical (unpaired) electrons. The maximum atomic E-state index is 11.9. The predicted octanol–water partition coefficient (Wildman–Crippen LogP) is 3.80. The Balaban J connectivity index is 1.81. The van der Waals surface area contributed by atoms with E-state index >= 15 is 0 Å². The number of halogens is 3. The van der Waals surface area contributed by atoms with Gasteiger partial charge < -0.3 is 10.6 Å². The molecule has 7 heteroatoms. The van der Waals surface area contributed by atoms with Crippen molar-refractivity contribution in [2.24, 2.45) is 0 Å². The van der Waals surface area contributed by atoms with Crippen LogP contribution in [0.5, 0.6) is 0 Å². The van der Waals surface area contributed by atoms with Crippen molar-refractivity contribution in [3.8, 4) is 0 Å². The van der Waals surface area contributed by atoms with Crippen LogP contribution >= 0.6 is 39.1 Å². The second kappa shape index (κ2) is 8.34. The molecule has 0 unspecified atom stereocenters. The zero-order valence-corrected chi connectivity index (χ0v) is 15.0. The minimum Gasteiger partial charge on any atom is -0.350 e. The van der Waals surface area contributed by atoms with Crippen LogP contribution < -0.4 is 10.6 Å². The van der Waals surface area contributed by atoms with Crippen LogP contribution in [0.25, 0.3) is 0 Å². The summed E-state index contributed by atoms with van der Waals surface area (Å²) in [5.74, 6) is -0.612. The van der Waals surface area contributed by atoms with Crippen LogP contribution in [-0.2, 0) is 11.3 Å². The molecule has 2 amide bonds. The molecule has 0 aliphatic rings. The Morgan fingerprint density at radius 1 is 1.00 bits per heavy atom. The minimum absolute atomic E-state index is 0.111. The van der Waals surface area contributed by atoms with Crippen LogP contribution in [0.3, 0.4) is 0 Å². The maximum absolute atomic E-state index is 11.9. The molecule has 120 valence electrons. The Morgan fingerprint density at radius 2 is 1.70 bits per heavy atom. The SMILES string of the molecule is O=C(CNC(=O)c1ccc(Br)cc1)NCc1ccc(Cl)cc1Cl. The monoisotopic (exact) mass is 414 g/mol. The second-order valence-corrected chi connectivity index (χ2v) is 6.46. The molecule has 0 bridgehead atoms. The summed E-state index contributed by atoms with van der Waals surface area (Å²) in [4.78, 5) is 23.7. The molecule has 0 saturated heterocycles. The summed E-state index contributed by atoms with van der Waals surface area (Å²) in [6.45, 7) is 0.156. The Bertz CT molecular complexity index is 721. The standard InChI is InChI=1S/C16H13BrCl2N2O2/c17-12-4-1-10(2-5-12)16(23)21-9-15(22)20-8-11-3-6-13(18)7-14(11)19/h1-7H,8-9H2,(H,20,22)(H,21,23). The lowest BCUT2D eigenvalue weighted by molar-refractivity contribution is -0.120. The highest BCUT2D eigenvalue weighted by atomic mass is 79.9. The van der Waals surface area contributed by atoms with Crippen molar-refractivity contribution in [2.45, 2.75) is 6.54 Å². The van der Waals surface area contributed by atoms with Gasteiger partial charge in [-0.2, -0.15) is 0 Å². The smallest absolute Gasteiger partial charge is 0.251 e. The highest BCUT2D eigenvalue weighted by molar-refractivity contribution is 9.10. The summed E-state index contributed by atoms with van der Waals surface area (Å²) in [7, 11) is 0. The van der Waals surface area contributed by atoms with E-state index in [4.69, 9.17) is 23.2 Å². The van der Waals surface area contributed by atoms with E-state index in [9.17, 15) is 9.59 Å². The fourth-order valence-electron chi connectivity index (χ4n) is 1.79. The first-order valence-electron chi connectivity index (χ1n) is 6.70. The van der Waals surface area contributed by atoms with Gasteiger partial charge in [-0.05, 0) is 42.0 Å². The Labute approximate surface area is 152 Å².